The summed E-state index contributed by atoms with van der Waals surface area (Å²) in [6.07, 6.45) is 0. The van der Waals surface area contributed by atoms with Crippen molar-refractivity contribution in [3.63, 3.8) is 0 Å². The highest BCUT2D eigenvalue weighted by atomic mass is 19.1. The molecule has 2 aliphatic heterocycles. The van der Waals surface area contributed by atoms with Gasteiger partial charge in [-0.1, -0.05) is 6.07 Å². The SMILES string of the molecule is COc1ccc2c(c1F)C(=O)N(CC1(c3cc4cc(-c5c(C)nn(C)c5C)c(F)cc4o3)NC(=O)NC1=O)C2. The Kier molecular flexibility index (Phi) is 5.28. The van der Waals surface area contributed by atoms with Crippen LogP contribution < -0.4 is 15.4 Å². The molecule has 0 aliphatic carbocycles. The van der Waals surface area contributed by atoms with Crippen molar-refractivity contribution >= 4 is 28.8 Å². The predicted molar refractivity (Wildman–Crippen MR) is 134 cm³/mol. The lowest BCUT2D eigenvalue weighted by Crippen LogP contribution is -2.52. The summed E-state index contributed by atoms with van der Waals surface area (Å²) >= 11 is 0. The van der Waals surface area contributed by atoms with Crippen LogP contribution in [-0.4, -0.2) is 46.2 Å². The van der Waals surface area contributed by atoms with Crippen LogP contribution >= 0.6 is 0 Å². The second-order valence-corrected chi connectivity index (χ2v) is 9.74. The van der Waals surface area contributed by atoms with Crippen LogP contribution in [0.3, 0.4) is 0 Å². The summed E-state index contributed by atoms with van der Waals surface area (Å²) in [5, 5.41) is 9.60. The van der Waals surface area contributed by atoms with Crippen LogP contribution in [0.1, 0.15) is 33.1 Å². The number of aromatic nitrogens is 2. The van der Waals surface area contributed by atoms with Gasteiger partial charge in [-0.2, -0.15) is 5.10 Å². The maximum Gasteiger partial charge on any atom is 0.322 e. The number of ether oxygens (including phenoxy) is 1. The number of halogens is 2. The van der Waals surface area contributed by atoms with E-state index in [1.165, 1.54) is 30.2 Å². The molecule has 1 unspecified atom stereocenters. The van der Waals surface area contributed by atoms with Crippen LogP contribution in [0.25, 0.3) is 22.1 Å². The maximum absolute atomic E-state index is 15.3. The van der Waals surface area contributed by atoms with E-state index in [4.69, 9.17) is 9.15 Å². The lowest BCUT2D eigenvalue weighted by atomic mass is 9.94. The number of hydrogen-bond donors (Lipinski definition) is 2. The second kappa shape index (κ2) is 8.38. The number of nitrogens with one attached hydrogen (secondary N) is 2. The van der Waals surface area contributed by atoms with E-state index in [0.717, 1.165) is 5.69 Å². The second-order valence-electron chi connectivity index (χ2n) is 9.74. The minimum absolute atomic E-state index is 0.00107. The standard InChI is InChI=1S/C27H23F2N5O5/c1-12-21(13(2)33(3)32-12)16-7-15-8-20(39-19(15)9-17(16)28)27(25(36)30-26(37)31-27)11-34-10-14-5-6-18(38-4)23(29)22(14)24(34)35/h5-9H,10-11H2,1-4H3,(H2,30,31,36,37). The average Bonchev–Trinajstić information content (AvgIpc) is 3.58. The van der Waals surface area contributed by atoms with Gasteiger partial charge in [0, 0.05) is 41.9 Å². The summed E-state index contributed by atoms with van der Waals surface area (Å²) in [6.45, 7) is 3.26. The van der Waals surface area contributed by atoms with Gasteiger partial charge in [0.1, 0.15) is 17.2 Å². The van der Waals surface area contributed by atoms with Crippen LogP contribution in [0.4, 0.5) is 13.6 Å². The zero-order chi connectivity index (χ0) is 27.8. The first-order valence-corrected chi connectivity index (χ1v) is 12.1. The van der Waals surface area contributed by atoms with E-state index in [2.05, 4.69) is 15.7 Å². The molecule has 0 saturated carbocycles. The Morgan fingerprint density at radius 3 is 2.54 bits per heavy atom. The predicted octanol–water partition coefficient (Wildman–Crippen LogP) is 3.43. The molecule has 0 bridgehead atoms. The fraction of sp³-hybridized carbons (Fsp3) is 0.259. The van der Waals surface area contributed by atoms with Gasteiger partial charge in [-0.15, -0.1) is 0 Å². The number of rotatable bonds is 5. The molecule has 4 amide bonds. The van der Waals surface area contributed by atoms with Crippen LogP contribution in [0.2, 0.25) is 0 Å². The highest BCUT2D eigenvalue weighted by Crippen LogP contribution is 2.38. The molecule has 12 heteroatoms. The molecule has 0 spiro atoms. The number of carbonyl (C=O) groups is 3. The summed E-state index contributed by atoms with van der Waals surface area (Å²) in [7, 11) is 3.06. The lowest BCUT2D eigenvalue weighted by molar-refractivity contribution is -0.125. The summed E-state index contributed by atoms with van der Waals surface area (Å²) in [5.74, 6) is -2.86. The van der Waals surface area contributed by atoms with Gasteiger partial charge in [-0.25, -0.2) is 13.6 Å². The topological polar surface area (TPSA) is 119 Å². The number of imide groups is 1. The molecule has 200 valence electrons. The van der Waals surface area contributed by atoms with Gasteiger partial charge in [0.2, 0.25) is 0 Å². The summed E-state index contributed by atoms with van der Waals surface area (Å²) < 4.78 is 42.8. The molecule has 39 heavy (non-hydrogen) atoms. The van der Waals surface area contributed by atoms with Crippen molar-refractivity contribution in [1.29, 1.82) is 0 Å². The van der Waals surface area contributed by atoms with Gasteiger partial charge in [0.05, 0.1) is 24.9 Å². The molecule has 2 aromatic heterocycles. The molecular weight excluding hydrogens is 512 g/mol. The van der Waals surface area contributed by atoms with E-state index in [1.54, 1.807) is 30.8 Å². The van der Waals surface area contributed by atoms with Crippen LogP contribution in [0.15, 0.2) is 34.7 Å². The summed E-state index contributed by atoms with van der Waals surface area (Å²) in [6, 6.07) is 6.54. The van der Waals surface area contributed by atoms with Crippen molar-refractivity contribution in [3.05, 3.63) is 70.2 Å². The third-order valence-electron chi connectivity index (χ3n) is 7.45. The molecule has 2 N–H and O–H groups in total. The largest absolute Gasteiger partial charge is 0.494 e. The Labute approximate surface area is 220 Å². The number of benzene rings is 2. The van der Waals surface area contributed by atoms with Crippen molar-refractivity contribution in [2.45, 2.75) is 25.9 Å². The number of methoxy groups -OCH3 is 1. The molecule has 10 nitrogen and oxygen atoms in total. The van der Waals surface area contributed by atoms with Crippen molar-refractivity contribution in [3.8, 4) is 16.9 Å². The van der Waals surface area contributed by atoms with Gasteiger partial charge in [0.25, 0.3) is 11.8 Å². The molecular formula is C27H23F2N5O5. The van der Waals surface area contributed by atoms with E-state index in [1.807, 2.05) is 6.92 Å². The van der Waals surface area contributed by atoms with Gasteiger partial charge in [-0.3, -0.25) is 19.6 Å². The van der Waals surface area contributed by atoms with E-state index in [-0.39, 0.29) is 35.7 Å². The van der Waals surface area contributed by atoms with E-state index in [9.17, 15) is 18.8 Å². The third-order valence-corrected chi connectivity index (χ3v) is 7.45. The normalized spacial score (nSPS) is 18.6. The third kappa shape index (κ3) is 3.51. The number of nitrogens with zero attached hydrogens (tertiary/aromatic N) is 3. The Hall–Kier alpha value is -4.74. The first kappa shape index (κ1) is 24.6. The van der Waals surface area contributed by atoms with E-state index >= 15 is 4.39 Å². The number of furan rings is 1. The Bertz CT molecular complexity index is 1740. The molecule has 2 aromatic carbocycles. The molecule has 0 radical (unpaired) electrons. The number of amides is 4. The molecule has 6 rings (SSSR count). The number of urea groups is 1. The van der Waals surface area contributed by atoms with Crippen molar-refractivity contribution < 1.29 is 32.3 Å². The zero-order valence-corrected chi connectivity index (χ0v) is 21.4. The smallest absolute Gasteiger partial charge is 0.322 e. The lowest BCUT2D eigenvalue weighted by Gasteiger charge is -2.29. The fourth-order valence-corrected chi connectivity index (χ4v) is 5.45. The first-order chi connectivity index (χ1) is 18.5. The Morgan fingerprint density at radius 1 is 1.13 bits per heavy atom. The molecule has 1 fully saturated rings. The minimum Gasteiger partial charge on any atom is -0.494 e. The molecule has 2 aliphatic rings. The Balaban J connectivity index is 1.43. The van der Waals surface area contributed by atoms with Crippen molar-refractivity contribution in [1.82, 2.24) is 25.3 Å². The van der Waals surface area contributed by atoms with Gasteiger partial charge >= 0.3 is 6.03 Å². The van der Waals surface area contributed by atoms with Crippen molar-refractivity contribution in [2.75, 3.05) is 13.7 Å². The molecule has 1 atom stereocenters. The van der Waals surface area contributed by atoms with Crippen LogP contribution in [-0.2, 0) is 23.9 Å². The average molecular weight is 536 g/mol. The van der Waals surface area contributed by atoms with Gasteiger partial charge < -0.3 is 19.4 Å². The molecule has 4 aromatic rings. The van der Waals surface area contributed by atoms with E-state index < -0.39 is 35.0 Å². The molecule has 4 heterocycles. The Morgan fingerprint density at radius 2 is 1.90 bits per heavy atom. The zero-order valence-electron chi connectivity index (χ0n) is 21.4. The number of carbonyl (C=O) groups excluding carboxylic acids is 3. The summed E-state index contributed by atoms with van der Waals surface area (Å²) in [5.41, 5.74) is 0.928. The highest BCUT2D eigenvalue weighted by molar-refractivity contribution is 6.08. The molecule has 1 saturated heterocycles. The minimum atomic E-state index is -1.83. The number of aryl methyl sites for hydroxylation is 2. The monoisotopic (exact) mass is 535 g/mol. The van der Waals surface area contributed by atoms with Crippen LogP contribution in [0, 0.1) is 25.5 Å². The maximum atomic E-state index is 15.3. The number of fused-ring (bicyclic) bond motifs is 2. The first-order valence-electron chi connectivity index (χ1n) is 12.1. The number of hydrogen-bond acceptors (Lipinski definition) is 6. The van der Waals surface area contributed by atoms with Crippen LogP contribution in [0.5, 0.6) is 5.75 Å². The van der Waals surface area contributed by atoms with Gasteiger partial charge in [0.15, 0.2) is 17.1 Å². The van der Waals surface area contributed by atoms with Crippen molar-refractivity contribution in [2.24, 2.45) is 7.05 Å². The quantitative estimate of drug-likeness (QED) is 0.378. The van der Waals surface area contributed by atoms with Gasteiger partial charge in [-0.05, 0) is 37.6 Å². The van der Waals surface area contributed by atoms with E-state index in [0.29, 0.717) is 27.8 Å². The fourth-order valence-electron chi connectivity index (χ4n) is 5.45. The highest BCUT2D eigenvalue weighted by Gasteiger charge is 2.53. The summed E-state index contributed by atoms with van der Waals surface area (Å²) in [4.78, 5) is 40.0.